The molecule has 10 heteroatoms. The fraction of sp³-hybridized carbons (Fsp3) is 0.368. The second kappa shape index (κ2) is 13.3. The van der Waals surface area contributed by atoms with Crippen molar-refractivity contribution in [2.45, 2.75) is 37.8 Å². The van der Waals surface area contributed by atoms with Crippen LogP contribution in [0.5, 0.6) is 46.0 Å². The lowest BCUT2D eigenvalue weighted by Gasteiger charge is -2.38. The third kappa shape index (κ3) is 5.74. The highest BCUT2D eigenvalue weighted by atomic mass is 79.9. The summed E-state index contributed by atoms with van der Waals surface area (Å²) in [5, 5.41) is 0.595. The molecule has 0 N–H and O–H groups in total. The van der Waals surface area contributed by atoms with Crippen LogP contribution >= 0.6 is 27.5 Å². The van der Waals surface area contributed by atoms with Crippen molar-refractivity contribution in [1.82, 2.24) is 9.80 Å². The molecule has 8 rings (SSSR count). The third-order valence-corrected chi connectivity index (χ3v) is 11.2. The number of hydrogen-bond donors (Lipinski definition) is 0. The molecule has 0 saturated heterocycles. The van der Waals surface area contributed by atoms with E-state index in [1.807, 2.05) is 24.3 Å². The molecule has 0 aliphatic carbocycles. The van der Waals surface area contributed by atoms with Crippen LogP contribution in [0.4, 0.5) is 0 Å². The molecule has 4 aromatic rings. The van der Waals surface area contributed by atoms with E-state index in [1.165, 1.54) is 16.7 Å². The Hall–Kier alpha value is -3.63. The summed E-state index contributed by atoms with van der Waals surface area (Å²) in [6, 6.07) is 16.4. The molecule has 0 fully saturated rings. The van der Waals surface area contributed by atoms with E-state index in [-0.39, 0.29) is 12.1 Å². The number of hydrogen-bond acceptors (Lipinski definition) is 8. The summed E-state index contributed by atoms with van der Waals surface area (Å²) in [6.45, 7) is 1.77. The highest BCUT2D eigenvalue weighted by Gasteiger charge is 2.37. The Bertz CT molecular complexity index is 1870. The molecular weight excluding hydrogens is 696 g/mol. The van der Waals surface area contributed by atoms with Crippen LogP contribution in [0, 0.1) is 0 Å². The molecule has 0 saturated carbocycles. The molecule has 0 unspecified atom stereocenters. The maximum absolute atomic E-state index is 7.06. The monoisotopic (exact) mass is 734 g/mol. The van der Waals surface area contributed by atoms with Crippen molar-refractivity contribution in [1.29, 1.82) is 0 Å². The van der Waals surface area contributed by atoms with Crippen LogP contribution in [-0.4, -0.2) is 65.4 Å². The number of ether oxygens (including phenoxy) is 6. The Kier molecular flexibility index (Phi) is 9.15. The van der Waals surface area contributed by atoms with Crippen LogP contribution in [-0.2, 0) is 25.7 Å². The van der Waals surface area contributed by atoms with Crippen molar-refractivity contribution >= 4 is 27.5 Å². The summed E-state index contributed by atoms with van der Waals surface area (Å²) in [4.78, 5) is 4.75. The van der Waals surface area contributed by atoms with Crippen LogP contribution in [0.15, 0.2) is 53.0 Å². The molecule has 252 valence electrons. The lowest BCUT2D eigenvalue weighted by Crippen LogP contribution is -2.34. The molecule has 4 aromatic carbocycles. The third-order valence-electron chi connectivity index (χ3n) is 10.0. The molecule has 4 heterocycles. The first-order valence-corrected chi connectivity index (χ1v) is 17.3. The first-order chi connectivity index (χ1) is 23.2. The number of likely N-dealkylation sites (N-methyl/N-ethyl adjacent to an activating group) is 2. The highest BCUT2D eigenvalue weighted by Crippen LogP contribution is 2.55. The molecule has 6 bridgehead atoms. The van der Waals surface area contributed by atoms with Gasteiger partial charge >= 0.3 is 0 Å². The number of benzene rings is 4. The minimum absolute atomic E-state index is 0.126. The zero-order valence-corrected chi connectivity index (χ0v) is 30.5. The van der Waals surface area contributed by atoms with Crippen LogP contribution in [0.25, 0.3) is 0 Å². The maximum Gasteiger partial charge on any atom is 0.205 e. The Morgan fingerprint density at radius 2 is 1.40 bits per heavy atom. The number of halogens is 2. The van der Waals surface area contributed by atoms with Crippen molar-refractivity contribution in [2.75, 3.05) is 55.6 Å². The molecule has 2 atom stereocenters. The average Bonchev–Trinajstić information content (AvgIpc) is 3.09. The molecule has 4 aliphatic heterocycles. The van der Waals surface area contributed by atoms with Gasteiger partial charge in [-0.2, -0.15) is 0 Å². The predicted octanol–water partition coefficient (Wildman–Crippen LogP) is 8.58. The summed E-state index contributed by atoms with van der Waals surface area (Å²) < 4.78 is 38.1. The summed E-state index contributed by atoms with van der Waals surface area (Å²) >= 11 is 10.9. The van der Waals surface area contributed by atoms with E-state index in [9.17, 15) is 0 Å². The highest BCUT2D eigenvalue weighted by molar-refractivity contribution is 9.10. The SMILES string of the molecule is COc1cc(Cl)c2cc1Oc1ccc(cc1)C[C@H]1c3cc(c(OC)cc3CCN1C)Oc1c(OC)c(OC)c(Br)c3c1[C@H](C2)N(C)CC3. The van der Waals surface area contributed by atoms with Gasteiger partial charge in [-0.1, -0.05) is 23.7 Å². The van der Waals surface area contributed by atoms with Gasteiger partial charge in [-0.25, -0.2) is 0 Å². The summed E-state index contributed by atoms with van der Waals surface area (Å²) in [6.07, 6.45) is 3.10. The average molecular weight is 736 g/mol. The van der Waals surface area contributed by atoms with Crippen molar-refractivity contribution < 1.29 is 28.4 Å². The van der Waals surface area contributed by atoms with Crippen LogP contribution < -0.4 is 28.4 Å². The van der Waals surface area contributed by atoms with E-state index in [1.54, 1.807) is 28.4 Å². The predicted molar refractivity (Wildman–Crippen MR) is 190 cm³/mol. The van der Waals surface area contributed by atoms with Gasteiger partial charge in [0.05, 0.1) is 32.9 Å². The molecule has 0 amide bonds. The Labute approximate surface area is 295 Å². The van der Waals surface area contributed by atoms with E-state index in [2.05, 4.69) is 64.1 Å². The van der Waals surface area contributed by atoms with Crippen LogP contribution in [0.1, 0.15) is 45.5 Å². The van der Waals surface area contributed by atoms with Crippen molar-refractivity contribution in [3.63, 3.8) is 0 Å². The van der Waals surface area contributed by atoms with Gasteiger partial charge in [0.2, 0.25) is 5.75 Å². The second-order valence-corrected chi connectivity index (χ2v) is 13.8. The Morgan fingerprint density at radius 1 is 0.729 bits per heavy atom. The van der Waals surface area contributed by atoms with E-state index in [0.717, 1.165) is 59.3 Å². The number of fused-ring (bicyclic) bond motifs is 2. The molecule has 4 aliphatic rings. The molecule has 48 heavy (non-hydrogen) atoms. The van der Waals surface area contributed by atoms with Gasteiger partial charge in [-0.3, -0.25) is 9.80 Å². The topological polar surface area (TPSA) is 61.9 Å². The quantitative estimate of drug-likeness (QED) is 0.207. The summed E-state index contributed by atoms with van der Waals surface area (Å²) in [5.41, 5.74) is 6.72. The Morgan fingerprint density at radius 3 is 2.10 bits per heavy atom. The van der Waals surface area contributed by atoms with Crippen molar-refractivity contribution in [3.8, 4) is 46.0 Å². The van der Waals surface area contributed by atoms with Crippen molar-refractivity contribution in [3.05, 3.63) is 91.4 Å². The Balaban J connectivity index is 1.50. The van der Waals surface area contributed by atoms with Gasteiger partial charge in [0.1, 0.15) is 5.75 Å². The smallest absolute Gasteiger partial charge is 0.205 e. The van der Waals surface area contributed by atoms with Gasteiger partial charge in [0, 0.05) is 41.8 Å². The number of rotatable bonds is 4. The van der Waals surface area contributed by atoms with Crippen LogP contribution in [0.2, 0.25) is 5.02 Å². The maximum atomic E-state index is 7.06. The van der Waals surface area contributed by atoms with E-state index in [4.69, 9.17) is 40.0 Å². The van der Waals surface area contributed by atoms with Gasteiger partial charge in [-0.05, 0) is 114 Å². The molecule has 0 aromatic heterocycles. The number of methoxy groups -OCH3 is 4. The largest absolute Gasteiger partial charge is 0.493 e. The lowest BCUT2D eigenvalue weighted by atomic mass is 9.87. The minimum atomic E-state index is -0.126. The first-order valence-electron chi connectivity index (χ1n) is 16.1. The normalized spacial score (nSPS) is 18.9. The van der Waals surface area contributed by atoms with Gasteiger partial charge in [0.25, 0.3) is 0 Å². The summed E-state index contributed by atoms with van der Waals surface area (Å²) in [5.74, 6) is 4.90. The van der Waals surface area contributed by atoms with Crippen LogP contribution in [0.3, 0.4) is 0 Å². The van der Waals surface area contributed by atoms with Crippen molar-refractivity contribution in [2.24, 2.45) is 0 Å². The van der Waals surface area contributed by atoms with E-state index >= 15 is 0 Å². The zero-order chi connectivity index (χ0) is 33.7. The minimum Gasteiger partial charge on any atom is -0.493 e. The molecular formula is C38H40BrClN2O6. The number of nitrogens with zero attached hydrogens (tertiary/aromatic N) is 2. The van der Waals surface area contributed by atoms with E-state index in [0.29, 0.717) is 51.7 Å². The lowest BCUT2D eigenvalue weighted by molar-refractivity contribution is 0.219. The van der Waals surface area contributed by atoms with E-state index < -0.39 is 0 Å². The molecule has 0 spiro atoms. The summed E-state index contributed by atoms with van der Waals surface area (Å²) in [7, 11) is 10.9. The van der Waals surface area contributed by atoms with Gasteiger partial charge < -0.3 is 28.4 Å². The van der Waals surface area contributed by atoms with Gasteiger partial charge in [0.15, 0.2) is 34.5 Å². The molecule has 0 radical (unpaired) electrons. The van der Waals surface area contributed by atoms with Gasteiger partial charge in [-0.15, -0.1) is 0 Å². The second-order valence-electron chi connectivity index (χ2n) is 12.6. The fourth-order valence-electron chi connectivity index (χ4n) is 7.38. The fourth-order valence-corrected chi connectivity index (χ4v) is 8.36. The zero-order valence-electron chi connectivity index (χ0n) is 28.1. The first kappa shape index (κ1) is 32.9. The molecule has 8 nitrogen and oxygen atoms in total. The standard InChI is InChI=1S/C38H40BrClN2O6/c1-41-13-11-22-17-30(43-3)33-19-26(22)28(41)15-21-7-9-24(10-8-21)47-32-18-23(27(40)20-31(32)44-4)16-29-34-25(12-14-42(29)2)35(39)37(45-5)38(46-6)36(34)48-33/h7-10,17-20,28-29H,11-16H2,1-6H3/t28-,29-/m0/s1.